The molecule has 1 aliphatic rings. The molecule has 0 N–H and O–H groups in total. The molecular formula is C33H66N2. The van der Waals surface area contributed by atoms with Gasteiger partial charge in [-0.25, -0.2) is 0 Å². The standard InChI is InChI=1S/C33H66N2/c1-4-7-9-11-13-14-15-16-17-18-19-20-21-22-23-24-26-28-33-34(29-6-3)31-32-35(33)30-27-25-12-10-8-5-2/h31-33H,4-30H2,1-3H3. The van der Waals surface area contributed by atoms with Crippen LogP contribution in [0.4, 0.5) is 0 Å². The third kappa shape index (κ3) is 18.3. The Morgan fingerprint density at radius 1 is 0.371 bits per heavy atom. The highest BCUT2D eigenvalue weighted by Gasteiger charge is 2.24. The molecule has 1 atom stereocenters. The number of hydrogen-bond donors (Lipinski definition) is 0. The van der Waals surface area contributed by atoms with Gasteiger partial charge < -0.3 is 9.80 Å². The molecule has 0 aliphatic carbocycles. The van der Waals surface area contributed by atoms with Crippen molar-refractivity contribution in [3.63, 3.8) is 0 Å². The summed E-state index contributed by atoms with van der Waals surface area (Å²) in [5.41, 5.74) is 0. The maximum absolute atomic E-state index is 2.65. The van der Waals surface area contributed by atoms with Crippen LogP contribution in [-0.2, 0) is 0 Å². The Hall–Kier alpha value is -0.660. The summed E-state index contributed by atoms with van der Waals surface area (Å²) >= 11 is 0. The van der Waals surface area contributed by atoms with Gasteiger partial charge in [-0.3, -0.25) is 0 Å². The van der Waals surface area contributed by atoms with E-state index in [0.29, 0.717) is 6.17 Å². The molecule has 0 saturated carbocycles. The van der Waals surface area contributed by atoms with Crippen LogP contribution in [0.5, 0.6) is 0 Å². The quantitative estimate of drug-likeness (QED) is 0.106. The van der Waals surface area contributed by atoms with Crippen LogP contribution in [0, 0.1) is 0 Å². The van der Waals surface area contributed by atoms with E-state index in [1.807, 2.05) is 0 Å². The van der Waals surface area contributed by atoms with Crippen molar-refractivity contribution in [2.45, 2.75) is 187 Å². The lowest BCUT2D eigenvalue weighted by Gasteiger charge is -2.33. The van der Waals surface area contributed by atoms with Crippen LogP contribution in [-0.4, -0.2) is 29.1 Å². The van der Waals surface area contributed by atoms with Crippen molar-refractivity contribution in [2.24, 2.45) is 0 Å². The van der Waals surface area contributed by atoms with Crippen LogP contribution in [0.15, 0.2) is 12.4 Å². The van der Waals surface area contributed by atoms with E-state index < -0.39 is 0 Å². The summed E-state index contributed by atoms with van der Waals surface area (Å²) in [5.74, 6) is 0. The Bertz CT molecular complexity index is 446. The average Bonchev–Trinajstić information content (AvgIpc) is 3.24. The minimum atomic E-state index is 0.641. The van der Waals surface area contributed by atoms with Crippen LogP contribution >= 0.6 is 0 Å². The smallest absolute Gasteiger partial charge is 0.101 e. The second kappa shape index (κ2) is 25.0. The van der Waals surface area contributed by atoms with Gasteiger partial charge >= 0.3 is 0 Å². The molecule has 0 fully saturated rings. The van der Waals surface area contributed by atoms with E-state index in [1.165, 1.54) is 174 Å². The monoisotopic (exact) mass is 491 g/mol. The van der Waals surface area contributed by atoms with E-state index in [2.05, 4.69) is 43.0 Å². The number of nitrogens with zero attached hydrogens (tertiary/aromatic N) is 2. The normalized spacial score (nSPS) is 15.6. The highest BCUT2D eigenvalue weighted by atomic mass is 15.4. The lowest BCUT2D eigenvalue weighted by atomic mass is 10.0. The lowest BCUT2D eigenvalue weighted by molar-refractivity contribution is 0.137. The molecule has 0 amide bonds. The fourth-order valence-corrected chi connectivity index (χ4v) is 5.72. The summed E-state index contributed by atoms with van der Waals surface area (Å²) in [6.45, 7) is 9.40. The average molecular weight is 491 g/mol. The Morgan fingerprint density at radius 2 is 0.714 bits per heavy atom. The predicted molar refractivity (Wildman–Crippen MR) is 159 cm³/mol. The molecule has 0 spiro atoms. The van der Waals surface area contributed by atoms with Crippen molar-refractivity contribution in [1.29, 1.82) is 0 Å². The Morgan fingerprint density at radius 3 is 1.11 bits per heavy atom. The SMILES string of the molecule is CCCCCCCCCCCCCCCCCCCC1N(CCC)C=CN1CCCCCCCC. The number of rotatable bonds is 27. The zero-order valence-corrected chi connectivity index (χ0v) is 24.7. The Labute approximate surface area is 222 Å². The third-order valence-electron chi connectivity index (χ3n) is 8.03. The van der Waals surface area contributed by atoms with Gasteiger partial charge in [-0.15, -0.1) is 0 Å². The van der Waals surface area contributed by atoms with Gasteiger partial charge in [0, 0.05) is 25.5 Å². The third-order valence-corrected chi connectivity index (χ3v) is 8.03. The molecular weight excluding hydrogens is 424 g/mol. The lowest BCUT2D eigenvalue weighted by Crippen LogP contribution is -2.39. The van der Waals surface area contributed by atoms with Crippen molar-refractivity contribution < 1.29 is 0 Å². The van der Waals surface area contributed by atoms with Crippen molar-refractivity contribution in [1.82, 2.24) is 9.80 Å². The van der Waals surface area contributed by atoms with Gasteiger partial charge in [-0.1, -0.05) is 156 Å². The highest BCUT2D eigenvalue weighted by Crippen LogP contribution is 2.23. The van der Waals surface area contributed by atoms with Crippen LogP contribution in [0.3, 0.4) is 0 Å². The van der Waals surface area contributed by atoms with E-state index in [0.717, 1.165) is 0 Å². The second-order valence-corrected chi connectivity index (χ2v) is 11.5. The number of hydrogen-bond acceptors (Lipinski definition) is 2. The van der Waals surface area contributed by atoms with E-state index in [-0.39, 0.29) is 0 Å². The van der Waals surface area contributed by atoms with Gasteiger partial charge in [0.2, 0.25) is 0 Å². The molecule has 1 heterocycles. The molecule has 0 aromatic carbocycles. The van der Waals surface area contributed by atoms with Crippen LogP contribution in [0.25, 0.3) is 0 Å². The molecule has 2 heteroatoms. The minimum absolute atomic E-state index is 0.641. The van der Waals surface area contributed by atoms with Crippen LogP contribution in [0.1, 0.15) is 181 Å². The zero-order chi connectivity index (χ0) is 25.2. The molecule has 208 valence electrons. The summed E-state index contributed by atoms with van der Waals surface area (Å²) in [6.07, 6.45) is 41.2. The molecule has 2 nitrogen and oxygen atoms in total. The van der Waals surface area contributed by atoms with Gasteiger partial charge in [0.15, 0.2) is 0 Å². The first-order valence-corrected chi connectivity index (χ1v) is 16.5. The first-order valence-electron chi connectivity index (χ1n) is 16.5. The molecule has 0 saturated heterocycles. The van der Waals surface area contributed by atoms with Gasteiger partial charge in [-0.05, 0) is 25.7 Å². The summed E-state index contributed by atoms with van der Waals surface area (Å²) in [6, 6.07) is 0. The van der Waals surface area contributed by atoms with E-state index >= 15 is 0 Å². The fraction of sp³-hybridized carbons (Fsp3) is 0.939. The van der Waals surface area contributed by atoms with E-state index in [4.69, 9.17) is 0 Å². The van der Waals surface area contributed by atoms with Gasteiger partial charge in [-0.2, -0.15) is 0 Å². The summed E-state index contributed by atoms with van der Waals surface area (Å²) < 4.78 is 0. The first-order chi connectivity index (χ1) is 17.3. The van der Waals surface area contributed by atoms with Crippen molar-refractivity contribution in [2.75, 3.05) is 13.1 Å². The zero-order valence-electron chi connectivity index (χ0n) is 24.7. The molecule has 0 aromatic rings. The van der Waals surface area contributed by atoms with Crippen molar-refractivity contribution in [3.05, 3.63) is 12.4 Å². The van der Waals surface area contributed by atoms with Gasteiger partial charge in [0.25, 0.3) is 0 Å². The number of unbranched alkanes of at least 4 members (excludes halogenated alkanes) is 21. The van der Waals surface area contributed by atoms with E-state index in [9.17, 15) is 0 Å². The fourth-order valence-electron chi connectivity index (χ4n) is 5.72. The van der Waals surface area contributed by atoms with Crippen LogP contribution in [0.2, 0.25) is 0 Å². The molecule has 35 heavy (non-hydrogen) atoms. The molecule has 0 radical (unpaired) electrons. The van der Waals surface area contributed by atoms with Crippen molar-refractivity contribution >= 4 is 0 Å². The maximum Gasteiger partial charge on any atom is 0.101 e. The summed E-state index contributed by atoms with van der Waals surface area (Å²) in [4.78, 5) is 5.27. The molecule has 0 bridgehead atoms. The second-order valence-electron chi connectivity index (χ2n) is 11.5. The topological polar surface area (TPSA) is 6.48 Å². The maximum atomic E-state index is 2.65. The van der Waals surface area contributed by atoms with E-state index in [1.54, 1.807) is 0 Å². The molecule has 1 aliphatic heterocycles. The van der Waals surface area contributed by atoms with Crippen LogP contribution < -0.4 is 0 Å². The summed E-state index contributed by atoms with van der Waals surface area (Å²) in [7, 11) is 0. The minimum Gasteiger partial charge on any atom is -0.356 e. The van der Waals surface area contributed by atoms with Crippen molar-refractivity contribution in [3.8, 4) is 0 Å². The molecule has 1 rings (SSSR count). The Balaban J connectivity index is 1.96. The Kier molecular flexibility index (Phi) is 23.1. The van der Waals surface area contributed by atoms with Gasteiger partial charge in [0.1, 0.15) is 6.17 Å². The predicted octanol–water partition coefficient (Wildman–Crippen LogP) is 11.2. The molecule has 1 unspecified atom stereocenters. The summed E-state index contributed by atoms with van der Waals surface area (Å²) in [5, 5.41) is 0. The first kappa shape index (κ1) is 32.4. The largest absolute Gasteiger partial charge is 0.356 e. The van der Waals surface area contributed by atoms with Gasteiger partial charge in [0.05, 0.1) is 0 Å². The highest BCUT2D eigenvalue weighted by molar-refractivity contribution is 4.96. The molecule has 0 aromatic heterocycles.